The Morgan fingerprint density at radius 3 is 1.89 bits per heavy atom. The van der Waals surface area contributed by atoms with Crippen molar-refractivity contribution in [3.8, 4) is 0 Å². The summed E-state index contributed by atoms with van der Waals surface area (Å²) in [5.41, 5.74) is 2.12. The molecule has 2 rings (SSSR count). The largest absolute Gasteiger partial charge is 0.358 e. The first-order valence-electron chi connectivity index (χ1n) is 9.21. The molecule has 3 nitrogen and oxygen atoms in total. The van der Waals surface area contributed by atoms with Crippen molar-refractivity contribution in [2.45, 2.75) is 41.5 Å². The van der Waals surface area contributed by atoms with Crippen molar-refractivity contribution in [3.05, 3.63) is 69.7 Å². The molecule has 0 aliphatic heterocycles. The van der Waals surface area contributed by atoms with Gasteiger partial charge in [0, 0.05) is 30.9 Å². The van der Waals surface area contributed by atoms with Crippen LogP contribution in [-0.2, 0) is 0 Å². The fourth-order valence-corrected chi connectivity index (χ4v) is 2.07. The smallest absolute Gasteiger partial charge is 0.159 e. The van der Waals surface area contributed by atoms with Crippen molar-refractivity contribution in [1.29, 1.82) is 0 Å². The lowest BCUT2D eigenvalue weighted by molar-refractivity contribution is 0.534. The molecule has 0 radical (unpaired) electrons. The van der Waals surface area contributed by atoms with Crippen molar-refractivity contribution in [2.24, 2.45) is 10.2 Å². The van der Waals surface area contributed by atoms with E-state index in [4.69, 9.17) is 23.2 Å². The van der Waals surface area contributed by atoms with E-state index in [-0.39, 0.29) is 0 Å². The summed E-state index contributed by atoms with van der Waals surface area (Å²) in [6.45, 7) is 16.3. The molecule has 2 aromatic rings. The van der Waals surface area contributed by atoms with E-state index in [0.717, 1.165) is 23.0 Å². The molecule has 0 fully saturated rings. The minimum atomic E-state index is 0.667. The van der Waals surface area contributed by atoms with Gasteiger partial charge in [-0.1, -0.05) is 80.7 Å². The van der Waals surface area contributed by atoms with Crippen molar-refractivity contribution in [3.63, 3.8) is 0 Å². The first kappa shape index (κ1) is 27.4. The third-order valence-corrected chi connectivity index (χ3v) is 3.71. The van der Waals surface area contributed by atoms with Gasteiger partial charge in [0.25, 0.3) is 0 Å². The summed E-state index contributed by atoms with van der Waals surface area (Å²) in [7, 11) is 1.94. The molecule has 0 unspecified atom stereocenters. The Bertz CT molecular complexity index is 632. The molecule has 0 aliphatic carbocycles. The highest BCUT2D eigenvalue weighted by Gasteiger charge is 2.11. The molecule has 0 bridgehead atoms. The van der Waals surface area contributed by atoms with Crippen LogP contribution in [0.3, 0.4) is 0 Å². The highest BCUT2D eigenvalue weighted by atomic mass is 35.5. The Morgan fingerprint density at radius 2 is 1.48 bits per heavy atom. The Hall–Kier alpha value is -1.84. The summed E-state index contributed by atoms with van der Waals surface area (Å²) >= 11 is 11.7. The zero-order valence-electron chi connectivity index (χ0n) is 17.6. The van der Waals surface area contributed by atoms with Crippen molar-refractivity contribution in [1.82, 2.24) is 4.90 Å². The zero-order chi connectivity index (χ0) is 21.2. The maximum atomic E-state index is 6.09. The number of hydrogen-bond donors (Lipinski definition) is 0. The number of hydrogen-bond acceptors (Lipinski definition) is 2. The van der Waals surface area contributed by atoms with E-state index in [2.05, 4.69) is 16.9 Å². The average Bonchev–Trinajstić information content (AvgIpc) is 2.72. The van der Waals surface area contributed by atoms with Gasteiger partial charge in [-0.05, 0) is 38.1 Å². The van der Waals surface area contributed by atoms with Crippen LogP contribution in [-0.4, -0.2) is 31.0 Å². The zero-order valence-corrected chi connectivity index (χ0v) is 19.1. The summed E-state index contributed by atoms with van der Waals surface area (Å²) in [6.07, 6.45) is 0. The summed E-state index contributed by atoms with van der Waals surface area (Å²) in [5, 5.41) is 9.03. The van der Waals surface area contributed by atoms with Gasteiger partial charge in [0.05, 0.1) is 5.02 Å². The van der Waals surface area contributed by atoms with Gasteiger partial charge < -0.3 is 4.90 Å². The molecule has 150 valence electrons. The normalized spacial score (nSPS) is 9.44. The van der Waals surface area contributed by atoms with Crippen LogP contribution in [0.4, 0.5) is 0 Å². The minimum absolute atomic E-state index is 0.667. The predicted molar refractivity (Wildman–Crippen MR) is 125 cm³/mol. The van der Waals surface area contributed by atoms with Crippen LogP contribution in [0.5, 0.6) is 0 Å². The Balaban J connectivity index is 0. The monoisotopic (exact) mass is 409 g/mol. The molecule has 0 aromatic heterocycles. The second-order valence-electron chi connectivity index (χ2n) is 4.85. The lowest BCUT2D eigenvalue weighted by Crippen LogP contribution is -2.27. The number of nitrogens with zero attached hydrogens (tertiary/aromatic N) is 3. The van der Waals surface area contributed by atoms with Gasteiger partial charge in [-0.2, -0.15) is 5.10 Å². The van der Waals surface area contributed by atoms with Crippen LogP contribution >= 0.6 is 23.2 Å². The third kappa shape index (κ3) is 11.5. The van der Waals surface area contributed by atoms with Crippen LogP contribution in [0.25, 0.3) is 0 Å². The molecular formula is C22H33Cl2N3. The summed E-state index contributed by atoms with van der Waals surface area (Å²) in [5.74, 6) is 0.734. The van der Waals surface area contributed by atoms with Crippen LogP contribution in [0.1, 0.15) is 45.7 Å². The van der Waals surface area contributed by atoms with E-state index >= 15 is 0 Å². The van der Waals surface area contributed by atoms with Crippen LogP contribution in [0.15, 0.2) is 58.7 Å². The SMILES string of the molecule is C=N/N=C(/c1ccccc1Cl)N(C)CC.CC.CC.Cc1ccc(Cl)cc1. The summed E-state index contributed by atoms with van der Waals surface area (Å²) in [4.78, 5) is 1.97. The Morgan fingerprint density at radius 1 is 0.963 bits per heavy atom. The minimum Gasteiger partial charge on any atom is -0.358 e. The van der Waals surface area contributed by atoms with Crippen molar-refractivity contribution >= 4 is 35.8 Å². The van der Waals surface area contributed by atoms with Gasteiger partial charge in [-0.3, -0.25) is 0 Å². The maximum Gasteiger partial charge on any atom is 0.159 e. The van der Waals surface area contributed by atoms with Gasteiger partial charge in [-0.15, -0.1) is 5.10 Å². The maximum absolute atomic E-state index is 6.09. The third-order valence-electron chi connectivity index (χ3n) is 3.13. The Kier molecular flexibility index (Phi) is 17.8. The number of halogens is 2. The predicted octanol–water partition coefficient (Wildman–Crippen LogP) is 7.35. The van der Waals surface area contributed by atoms with Gasteiger partial charge in [0.15, 0.2) is 5.84 Å². The van der Waals surface area contributed by atoms with Crippen molar-refractivity contribution < 1.29 is 0 Å². The second kappa shape index (κ2) is 17.6. The molecule has 0 N–H and O–H groups in total. The molecule has 0 amide bonds. The molecule has 5 heteroatoms. The summed E-state index contributed by atoms with van der Waals surface area (Å²) in [6, 6.07) is 15.3. The molecule has 0 heterocycles. The van der Waals surface area contributed by atoms with Crippen molar-refractivity contribution in [2.75, 3.05) is 13.6 Å². The highest BCUT2D eigenvalue weighted by Crippen LogP contribution is 2.17. The lowest BCUT2D eigenvalue weighted by atomic mass is 10.2. The average molecular weight is 410 g/mol. The fourth-order valence-electron chi connectivity index (χ4n) is 1.73. The molecule has 2 aromatic carbocycles. The number of rotatable bonds is 3. The van der Waals surface area contributed by atoms with Gasteiger partial charge >= 0.3 is 0 Å². The van der Waals surface area contributed by atoms with E-state index in [1.165, 1.54) is 5.56 Å². The lowest BCUT2D eigenvalue weighted by Gasteiger charge is -2.18. The molecule has 0 saturated carbocycles. The molecule has 27 heavy (non-hydrogen) atoms. The topological polar surface area (TPSA) is 28.0 Å². The molecule has 0 aliphatic rings. The number of amidine groups is 1. The van der Waals surface area contributed by atoms with E-state index in [0.29, 0.717) is 5.02 Å². The van der Waals surface area contributed by atoms with Gasteiger partial charge in [0.1, 0.15) is 0 Å². The molecule has 0 spiro atoms. The fraction of sp³-hybridized carbons (Fsp3) is 0.364. The first-order valence-corrected chi connectivity index (χ1v) is 9.97. The number of benzene rings is 2. The van der Waals surface area contributed by atoms with Gasteiger partial charge in [-0.25, -0.2) is 0 Å². The molecule has 0 atom stereocenters. The van der Waals surface area contributed by atoms with Crippen LogP contribution < -0.4 is 0 Å². The van der Waals surface area contributed by atoms with E-state index in [1.54, 1.807) is 0 Å². The standard InChI is InChI=1S/C11H14ClN3.C7H7Cl.2C2H6/c1-4-15(3)11(14-13-2)9-7-5-6-8-10(9)12;1-6-2-4-7(8)5-3-6;2*1-2/h5-8H,2,4H2,1,3H3;2-5H,1H3;2*1-2H3/b14-11-;;;. The highest BCUT2D eigenvalue weighted by molar-refractivity contribution is 6.34. The van der Waals surface area contributed by atoms with E-state index in [9.17, 15) is 0 Å². The second-order valence-corrected chi connectivity index (χ2v) is 5.70. The Labute approximate surface area is 175 Å². The summed E-state index contributed by atoms with van der Waals surface area (Å²) < 4.78 is 0. The van der Waals surface area contributed by atoms with Gasteiger partial charge in [0.2, 0.25) is 0 Å². The van der Waals surface area contributed by atoms with Crippen LogP contribution in [0.2, 0.25) is 10.0 Å². The van der Waals surface area contributed by atoms with E-state index < -0.39 is 0 Å². The number of aryl methyl sites for hydroxylation is 1. The first-order chi connectivity index (χ1) is 13.0. The quantitative estimate of drug-likeness (QED) is 0.295. The molecular weight excluding hydrogens is 377 g/mol. The molecule has 0 saturated heterocycles. The van der Waals surface area contributed by atoms with Crippen LogP contribution in [0, 0.1) is 6.92 Å². The van der Waals surface area contributed by atoms with E-state index in [1.807, 2.05) is 102 Å².